The molecule has 0 saturated heterocycles. The Morgan fingerprint density at radius 2 is 2.11 bits per heavy atom. The first-order chi connectivity index (χ1) is 8.74. The summed E-state index contributed by atoms with van der Waals surface area (Å²) in [6, 6.07) is 10.7. The summed E-state index contributed by atoms with van der Waals surface area (Å²) in [7, 11) is 0. The van der Waals surface area contributed by atoms with Crippen molar-refractivity contribution in [3.05, 3.63) is 47.8 Å². The highest BCUT2D eigenvalue weighted by Crippen LogP contribution is 2.39. The van der Waals surface area contributed by atoms with Crippen molar-refractivity contribution in [3.8, 4) is 5.69 Å². The number of nitrogens with two attached hydrogens (primary N) is 1. The van der Waals surface area contributed by atoms with Gasteiger partial charge >= 0.3 is 0 Å². The third kappa shape index (κ3) is 2.31. The molecule has 3 heteroatoms. The Balaban J connectivity index is 1.93. The van der Waals surface area contributed by atoms with Gasteiger partial charge in [-0.1, -0.05) is 18.2 Å². The van der Waals surface area contributed by atoms with Gasteiger partial charge in [0.2, 0.25) is 0 Å². The molecule has 1 aromatic carbocycles. The van der Waals surface area contributed by atoms with Gasteiger partial charge in [0.05, 0.1) is 11.4 Å². The molecule has 1 unspecified atom stereocenters. The van der Waals surface area contributed by atoms with Gasteiger partial charge < -0.3 is 5.73 Å². The topological polar surface area (TPSA) is 43.8 Å². The molecule has 0 aliphatic heterocycles. The van der Waals surface area contributed by atoms with Crippen LogP contribution in [0, 0.1) is 0 Å². The summed E-state index contributed by atoms with van der Waals surface area (Å²) >= 11 is 0. The van der Waals surface area contributed by atoms with Gasteiger partial charge in [-0.3, -0.25) is 0 Å². The van der Waals surface area contributed by atoms with Crippen LogP contribution < -0.4 is 5.73 Å². The molecule has 18 heavy (non-hydrogen) atoms. The average Bonchev–Trinajstić information content (AvgIpc) is 3.08. The second-order valence-electron chi connectivity index (χ2n) is 5.27. The van der Waals surface area contributed by atoms with Crippen molar-refractivity contribution in [3.63, 3.8) is 0 Å². The zero-order valence-electron chi connectivity index (χ0n) is 10.7. The Hall–Kier alpha value is -1.61. The number of aromatic nitrogens is 2. The molecule has 1 heterocycles. The fourth-order valence-corrected chi connectivity index (χ4v) is 2.32. The van der Waals surface area contributed by atoms with E-state index in [1.54, 1.807) is 0 Å². The van der Waals surface area contributed by atoms with Crippen LogP contribution in [0.5, 0.6) is 0 Å². The van der Waals surface area contributed by atoms with Gasteiger partial charge in [0.15, 0.2) is 0 Å². The molecule has 1 aliphatic carbocycles. The number of hydrogen-bond donors (Lipinski definition) is 1. The minimum absolute atomic E-state index is 0.171. The van der Waals surface area contributed by atoms with E-state index in [2.05, 4.69) is 41.6 Å². The van der Waals surface area contributed by atoms with Gasteiger partial charge in [-0.2, -0.15) is 5.10 Å². The van der Waals surface area contributed by atoms with Crippen LogP contribution in [0.15, 0.2) is 36.5 Å². The van der Waals surface area contributed by atoms with Crippen LogP contribution in [0.25, 0.3) is 5.69 Å². The van der Waals surface area contributed by atoms with Gasteiger partial charge in [-0.15, -0.1) is 0 Å². The Morgan fingerprint density at radius 3 is 2.83 bits per heavy atom. The molecule has 2 N–H and O–H groups in total. The lowest BCUT2D eigenvalue weighted by Gasteiger charge is -2.11. The normalized spacial score (nSPS) is 16.8. The van der Waals surface area contributed by atoms with E-state index in [1.165, 1.54) is 24.1 Å². The number of nitrogens with zero attached hydrogens (tertiary/aromatic N) is 2. The van der Waals surface area contributed by atoms with Gasteiger partial charge in [0.1, 0.15) is 0 Å². The van der Waals surface area contributed by atoms with Crippen LogP contribution in [-0.2, 0) is 6.42 Å². The largest absolute Gasteiger partial charge is 0.328 e. The van der Waals surface area contributed by atoms with Gasteiger partial charge in [-0.05, 0) is 43.9 Å². The maximum atomic E-state index is 5.91. The Bertz CT molecular complexity index is 538. The van der Waals surface area contributed by atoms with Gasteiger partial charge in [0.25, 0.3) is 0 Å². The summed E-state index contributed by atoms with van der Waals surface area (Å²) in [6.07, 6.45) is 5.53. The lowest BCUT2D eigenvalue weighted by atomic mass is 10.1. The number of benzene rings is 1. The Morgan fingerprint density at radius 1 is 1.33 bits per heavy atom. The summed E-state index contributed by atoms with van der Waals surface area (Å²) < 4.78 is 1.99. The van der Waals surface area contributed by atoms with E-state index in [1.807, 2.05) is 11.6 Å². The minimum atomic E-state index is 0.171. The molecule has 1 saturated carbocycles. The van der Waals surface area contributed by atoms with E-state index in [9.17, 15) is 0 Å². The summed E-state index contributed by atoms with van der Waals surface area (Å²) in [5.74, 6) is 0.701. The molecule has 0 amide bonds. The molecule has 2 aromatic rings. The van der Waals surface area contributed by atoms with Crippen molar-refractivity contribution < 1.29 is 0 Å². The quantitative estimate of drug-likeness (QED) is 0.894. The van der Waals surface area contributed by atoms with Crippen molar-refractivity contribution in [2.24, 2.45) is 5.73 Å². The first-order valence-electron chi connectivity index (χ1n) is 6.63. The van der Waals surface area contributed by atoms with E-state index in [4.69, 9.17) is 5.73 Å². The standard InChI is InChI=1S/C15H19N3/c1-11(16)10-13-4-2-3-5-15(13)18-9-8-14(17-18)12-6-7-12/h2-5,8-9,11-12H,6-7,10,16H2,1H3. The van der Waals surface area contributed by atoms with Gasteiger partial charge in [0, 0.05) is 18.2 Å². The maximum absolute atomic E-state index is 5.91. The Kier molecular flexibility index (Phi) is 2.92. The number of hydrogen-bond acceptors (Lipinski definition) is 2. The molecule has 0 spiro atoms. The van der Waals surface area contributed by atoms with Crippen molar-refractivity contribution in [2.45, 2.75) is 38.1 Å². The molecule has 94 valence electrons. The first-order valence-corrected chi connectivity index (χ1v) is 6.63. The summed E-state index contributed by atoms with van der Waals surface area (Å²) in [5.41, 5.74) is 9.55. The van der Waals surface area contributed by atoms with E-state index in [0.29, 0.717) is 5.92 Å². The van der Waals surface area contributed by atoms with Crippen LogP contribution in [0.3, 0.4) is 0 Å². The molecule has 1 aromatic heterocycles. The first kappa shape index (κ1) is 11.5. The molecule has 1 aliphatic rings. The fourth-order valence-electron chi connectivity index (χ4n) is 2.32. The highest BCUT2D eigenvalue weighted by molar-refractivity contribution is 5.41. The minimum Gasteiger partial charge on any atom is -0.328 e. The molecule has 3 nitrogen and oxygen atoms in total. The molecule has 3 rings (SSSR count). The fraction of sp³-hybridized carbons (Fsp3) is 0.400. The zero-order valence-corrected chi connectivity index (χ0v) is 10.7. The van der Waals surface area contributed by atoms with E-state index < -0.39 is 0 Å². The monoisotopic (exact) mass is 241 g/mol. The van der Waals surface area contributed by atoms with Crippen LogP contribution in [0.1, 0.15) is 36.9 Å². The van der Waals surface area contributed by atoms with E-state index in [-0.39, 0.29) is 6.04 Å². The summed E-state index contributed by atoms with van der Waals surface area (Å²) in [4.78, 5) is 0. The molecule has 0 bridgehead atoms. The molecule has 1 fully saturated rings. The van der Waals surface area contributed by atoms with Crippen molar-refractivity contribution >= 4 is 0 Å². The number of para-hydroxylation sites is 1. The van der Waals surface area contributed by atoms with Crippen LogP contribution in [-0.4, -0.2) is 15.8 Å². The van der Waals surface area contributed by atoms with Crippen molar-refractivity contribution in [1.29, 1.82) is 0 Å². The predicted octanol–water partition coefficient (Wildman–Crippen LogP) is 2.64. The van der Waals surface area contributed by atoms with E-state index >= 15 is 0 Å². The lowest BCUT2D eigenvalue weighted by molar-refractivity contribution is 0.725. The van der Waals surface area contributed by atoms with Gasteiger partial charge in [-0.25, -0.2) is 4.68 Å². The van der Waals surface area contributed by atoms with Crippen molar-refractivity contribution in [1.82, 2.24) is 9.78 Å². The summed E-state index contributed by atoms with van der Waals surface area (Å²) in [5, 5.41) is 4.69. The van der Waals surface area contributed by atoms with Crippen molar-refractivity contribution in [2.75, 3.05) is 0 Å². The third-order valence-electron chi connectivity index (χ3n) is 3.39. The second-order valence-corrected chi connectivity index (χ2v) is 5.27. The number of rotatable bonds is 4. The predicted molar refractivity (Wildman–Crippen MR) is 72.9 cm³/mol. The molecular formula is C15H19N3. The SMILES string of the molecule is CC(N)Cc1ccccc1-n1ccc(C2CC2)n1. The Labute approximate surface area is 108 Å². The zero-order chi connectivity index (χ0) is 12.5. The molecule has 0 radical (unpaired) electrons. The highest BCUT2D eigenvalue weighted by Gasteiger charge is 2.26. The van der Waals surface area contributed by atoms with Crippen LogP contribution >= 0.6 is 0 Å². The maximum Gasteiger partial charge on any atom is 0.0678 e. The van der Waals surface area contributed by atoms with Crippen LogP contribution in [0.2, 0.25) is 0 Å². The highest BCUT2D eigenvalue weighted by atomic mass is 15.3. The molecular weight excluding hydrogens is 222 g/mol. The smallest absolute Gasteiger partial charge is 0.0678 e. The summed E-state index contributed by atoms with van der Waals surface area (Å²) in [6.45, 7) is 2.04. The average molecular weight is 241 g/mol. The molecule has 1 atom stereocenters. The van der Waals surface area contributed by atoms with E-state index in [0.717, 1.165) is 12.1 Å². The second kappa shape index (κ2) is 4.58. The lowest BCUT2D eigenvalue weighted by Crippen LogP contribution is -2.19. The van der Waals surface area contributed by atoms with Crippen LogP contribution in [0.4, 0.5) is 0 Å². The third-order valence-corrected chi connectivity index (χ3v) is 3.39.